The Labute approximate surface area is 271 Å². The molecule has 3 amide bonds. The molecule has 3 heterocycles. The predicted octanol–water partition coefficient (Wildman–Crippen LogP) is 6.09. The zero-order valence-electron chi connectivity index (χ0n) is 25.0. The van der Waals surface area contributed by atoms with Crippen molar-refractivity contribution >= 4 is 46.5 Å². The van der Waals surface area contributed by atoms with Crippen molar-refractivity contribution in [2.75, 3.05) is 36.8 Å². The number of carbonyl (C=O) groups excluding carboxylic acids is 2. The summed E-state index contributed by atoms with van der Waals surface area (Å²) in [5.74, 6) is 0.00136. The van der Waals surface area contributed by atoms with Crippen LogP contribution in [-0.4, -0.2) is 57.8 Å². The monoisotopic (exact) mass is 647 g/mol. The van der Waals surface area contributed by atoms with Crippen molar-refractivity contribution < 1.29 is 9.59 Å². The second kappa shape index (κ2) is 15.2. The largest absolute Gasteiger partial charge is 0.355 e. The highest BCUT2D eigenvalue weighted by atomic mass is 35.5. The van der Waals surface area contributed by atoms with Gasteiger partial charge in [0.05, 0.1) is 27.8 Å². The lowest BCUT2D eigenvalue weighted by atomic mass is 9.99. The number of pyridine rings is 1. The van der Waals surface area contributed by atoms with Gasteiger partial charge in [0.15, 0.2) is 0 Å². The molecule has 0 spiro atoms. The van der Waals surface area contributed by atoms with Crippen LogP contribution >= 0.6 is 23.2 Å². The van der Waals surface area contributed by atoms with E-state index in [1.165, 1.54) is 42.4 Å². The molecule has 1 aliphatic heterocycles. The van der Waals surface area contributed by atoms with Gasteiger partial charge in [-0.3, -0.25) is 14.6 Å². The number of halogens is 2. The van der Waals surface area contributed by atoms with Crippen molar-refractivity contribution in [3.8, 4) is 22.4 Å². The molecule has 10 nitrogen and oxygen atoms in total. The van der Waals surface area contributed by atoms with Crippen molar-refractivity contribution in [2.24, 2.45) is 0 Å². The molecule has 45 heavy (non-hydrogen) atoms. The number of likely N-dealkylation sites (tertiary alicyclic amines) is 1. The molecule has 1 aliphatic rings. The van der Waals surface area contributed by atoms with E-state index in [4.69, 9.17) is 23.2 Å². The summed E-state index contributed by atoms with van der Waals surface area (Å²) in [5, 5.41) is 13.1. The van der Waals surface area contributed by atoms with Crippen molar-refractivity contribution in [3.05, 3.63) is 93.0 Å². The fourth-order valence-electron chi connectivity index (χ4n) is 5.29. The first-order valence-electron chi connectivity index (χ1n) is 15.0. The Morgan fingerprint density at radius 3 is 2.31 bits per heavy atom. The smallest absolute Gasteiger partial charge is 0.323 e. The van der Waals surface area contributed by atoms with E-state index in [1.54, 1.807) is 6.92 Å². The van der Waals surface area contributed by atoms with Gasteiger partial charge >= 0.3 is 6.03 Å². The van der Waals surface area contributed by atoms with Crippen molar-refractivity contribution in [1.29, 1.82) is 0 Å². The molecule has 0 bridgehead atoms. The third-order valence-corrected chi connectivity index (χ3v) is 8.17. The van der Waals surface area contributed by atoms with Gasteiger partial charge in [-0.05, 0) is 61.7 Å². The molecular weight excluding hydrogens is 613 g/mol. The van der Waals surface area contributed by atoms with Crippen molar-refractivity contribution in [2.45, 2.75) is 39.2 Å². The number of piperidine rings is 1. The van der Waals surface area contributed by atoms with Gasteiger partial charge in [0.2, 0.25) is 5.91 Å². The molecule has 12 heteroatoms. The van der Waals surface area contributed by atoms with E-state index in [1.807, 2.05) is 48.5 Å². The molecule has 0 aliphatic carbocycles. The molecule has 2 aromatic heterocycles. The van der Waals surface area contributed by atoms with Crippen LogP contribution in [-0.2, 0) is 17.8 Å². The molecule has 1 saturated heterocycles. The maximum Gasteiger partial charge on any atom is 0.323 e. The molecule has 3 N–H and O–H groups in total. The van der Waals surface area contributed by atoms with Crippen LogP contribution in [0.4, 0.5) is 16.2 Å². The minimum Gasteiger partial charge on any atom is -0.355 e. The van der Waals surface area contributed by atoms with Crippen LogP contribution in [0, 0.1) is 0 Å². The molecule has 0 unspecified atom stereocenters. The van der Waals surface area contributed by atoms with E-state index in [9.17, 15) is 14.4 Å². The molecule has 0 radical (unpaired) electrons. The number of urea groups is 1. The first-order chi connectivity index (χ1) is 21.8. The Hall–Kier alpha value is -4.25. The standard InChI is InChI=1S/C33H35Cl2N7O3/c1-2-42-32(44)29(38-33(45)39-31-26(34)20-36-21-27(31)35)19-28(40-42)25-11-7-10-24(18-25)23-9-6-8-22(16-23)17-30(43)37-12-15-41-13-4-3-5-14-41/h6-11,16,18-21H,2-5,12-15,17H2,1H3,(H,37,43)(H2,36,38,39,45). The molecular formula is C33H35Cl2N7O3. The van der Waals surface area contributed by atoms with E-state index in [2.05, 4.69) is 30.9 Å². The molecule has 5 rings (SSSR count). The maximum absolute atomic E-state index is 13.0. The average molecular weight is 649 g/mol. The van der Waals surface area contributed by atoms with Crippen LogP contribution < -0.4 is 21.5 Å². The summed E-state index contributed by atoms with van der Waals surface area (Å²) in [4.78, 5) is 44.8. The highest BCUT2D eigenvalue weighted by molar-refractivity contribution is 6.39. The zero-order valence-corrected chi connectivity index (χ0v) is 26.5. The first-order valence-corrected chi connectivity index (χ1v) is 15.7. The van der Waals surface area contributed by atoms with Gasteiger partial charge in [-0.2, -0.15) is 5.10 Å². The number of anilines is 2. The third kappa shape index (κ3) is 8.48. The predicted molar refractivity (Wildman–Crippen MR) is 179 cm³/mol. The second-order valence-electron chi connectivity index (χ2n) is 10.8. The molecule has 234 valence electrons. The van der Waals surface area contributed by atoms with Gasteiger partial charge in [0.25, 0.3) is 5.56 Å². The van der Waals surface area contributed by atoms with Crippen LogP contribution in [0.1, 0.15) is 31.7 Å². The van der Waals surface area contributed by atoms with E-state index in [0.29, 0.717) is 25.2 Å². The van der Waals surface area contributed by atoms with Gasteiger partial charge in [-0.15, -0.1) is 0 Å². The molecule has 2 aromatic carbocycles. The van der Waals surface area contributed by atoms with Crippen LogP contribution in [0.25, 0.3) is 22.4 Å². The maximum atomic E-state index is 13.0. The van der Waals surface area contributed by atoms with Gasteiger partial charge in [0, 0.05) is 37.6 Å². The highest BCUT2D eigenvalue weighted by Crippen LogP contribution is 2.29. The van der Waals surface area contributed by atoms with Gasteiger partial charge in [-0.1, -0.05) is 72.1 Å². The van der Waals surface area contributed by atoms with E-state index in [-0.39, 0.29) is 27.3 Å². The minimum absolute atomic E-state index is 0.00136. The Bertz CT molecular complexity index is 1720. The minimum atomic E-state index is -0.692. The summed E-state index contributed by atoms with van der Waals surface area (Å²) >= 11 is 12.2. The average Bonchev–Trinajstić information content (AvgIpc) is 3.04. The quantitative estimate of drug-likeness (QED) is 0.192. The van der Waals surface area contributed by atoms with Crippen LogP contribution in [0.2, 0.25) is 10.0 Å². The van der Waals surface area contributed by atoms with Crippen LogP contribution in [0.3, 0.4) is 0 Å². The lowest BCUT2D eigenvalue weighted by molar-refractivity contribution is -0.120. The second-order valence-corrected chi connectivity index (χ2v) is 11.6. The summed E-state index contributed by atoms with van der Waals surface area (Å²) in [7, 11) is 0. The summed E-state index contributed by atoms with van der Waals surface area (Å²) in [6.45, 7) is 5.84. The number of aromatic nitrogens is 3. The number of nitrogens with one attached hydrogen (secondary N) is 3. The Morgan fingerprint density at radius 2 is 1.58 bits per heavy atom. The fourth-order valence-corrected chi connectivity index (χ4v) is 5.75. The summed E-state index contributed by atoms with van der Waals surface area (Å²) in [6.07, 6.45) is 6.76. The highest BCUT2D eigenvalue weighted by Gasteiger charge is 2.16. The van der Waals surface area contributed by atoms with Crippen LogP contribution in [0.5, 0.6) is 0 Å². The normalized spacial score (nSPS) is 13.3. The van der Waals surface area contributed by atoms with Gasteiger partial charge < -0.3 is 20.9 Å². The van der Waals surface area contributed by atoms with Crippen LogP contribution in [0.15, 0.2) is 71.8 Å². The summed E-state index contributed by atoms with van der Waals surface area (Å²) < 4.78 is 1.29. The lowest BCUT2D eigenvalue weighted by Gasteiger charge is -2.26. The van der Waals surface area contributed by atoms with Gasteiger partial charge in [0.1, 0.15) is 5.69 Å². The SMILES string of the molecule is CCn1nc(-c2cccc(-c3cccc(CC(=O)NCCN4CCCCC4)c3)c2)cc(NC(=O)Nc2c(Cl)cncc2Cl)c1=O. The number of amides is 3. The summed E-state index contributed by atoms with van der Waals surface area (Å²) in [5.41, 5.74) is 3.80. The van der Waals surface area contributed by atoms with Crippen molar-refractivity contribution in [1.82, 2.24) is 25.0 Å². The fraction of sp³-hybridized carbons (Fsp3) is 0.303. The molecule has 0 atom stereocenters. The number of hydrogen-bond donors (Lipinski definition) is 3. The third-order valence-electron chi connectivity index (χ3n) is 7.60. The number of nitrogens with zero attached hydrogens (tertiary/aromatic N) is 4. The first kappa shape index (κ1) is 32.2. The topological polar surface area (TPSA) is 121 Å². The van der Waals surface area contributed by atoms with E-state index < -0.39 is 11.6 Å². The van der Waals surface area contributed by atoms with E-state index in [0.717, 1.165) is 41.9 Å². The Morgan fingerprint density at radius 1 is 0.889 bits per heavy atom. The molecule has 1 fully saturated rings. The molecule has 4 aromatic rings. The Kier molecular flexibility index (Phi) is 10.8. The number of aryl methyl sites for hydroxylation is 1. The number of benzene rings is 2. The Balaban J connectivity index is 1.30. The van der Waals surface area contributed by atoms with Gasteiger partial charge in [-0.25, -0.2) is 9.48 Å². The summed E-state index contributed by atoms with van der Waals surface area (Å²) in [6, 6.07) is 16.5. The number of carbonyl (C=O) groups is 2. The number of hydrogen-bond acceptors (Lipinski definition) is 6. The molecule has 0 saturated carbocycles. The van der Waals surface area contributed by atoms with Crippen molar-refractivity contribution in [3.63, 3.8) is 0 Å². The van der Waals surface area contributed by atoms with E-state index >= 15 is 0 Å². The lowest BCUT2D eigenvalue weighted by Crippen LogP contribution is -2.38. The number of rotatable bonds is 10. The zero-order chi connectivity index (χ0) is 31.8.